The molecule has 0 radical (unpaired) electrons. The summed E-state index contributed by atoms with van der Waals surface area (Å²) in [6.07, 6.45) is -3.47. The minimum Gasteiger partial charge on any atom is -0.313 e. The van der Waals surface area contributed by atoms with Gasteiger partial charge in [-0.3, -0.25) is 0 Å². The molecule has 1 nitrogen and oxygen atoms in total. The van der Waals surface area contributed by atoms with Crippen molar-refractivity contribution in [2.75, 3.05) is 12.4 Å². The number of hydrogen-bond donors (Lipinski definition) is 1. The summed E-state index contributed by atoms with van der Waals surface area (Å²) >= 11 is 5.48. The van der Waals surface area contributed by atoms with Crippen LogP contribution >= 0.6 is 11.6 Å². The molecule has 0 unspecified atom stereocenters. The fourth-order valence-corrected chi connectivity index (χ4v) is 1.42. The Hall–Kier alpha value is -0.740. The molecule has 0 heterocycles. The normalized spacial score (nSPS) is 11.8. The van der Waals surface area contributed by atoms with Crippen LogP contribution in [0.15, 0.2) is 24.3 Å². The number of benzene rings is 1. The molecule has 1 N–H and O–H groups in total. The van der Waals surface area contributed by atoms with Gasteiger partial charge in [-0.05, 0) is 24.6 Å². The van der Waals surface area contributed by atoms with E-state index in [1.165, 1.54) is 6.07 Å². The maximum absolute atomic E-state index is 12.4. The van der Waals surface area contributed by atoms with Crippen molar-refractivity contribution in [3.8, 4) is 0 Å². The van der Waals surface area contributed by atoms with E-state index in [9.17, 15) is 13.2 Å². The Morgan fingerprint density at radius 3 is 2.62 bits per heavy atom. The van der Waals surface area contributed by atoms with E-state index in [1.54, 1.807) is 6.07 Å². The molecule has 0 aromatic heterocycles. The van der Waals surface area contributed by atoms with E-state index in [0.29, 0.717) is 24.5 Å². The van der Waals surface area contributed by atoms with Crippen molar-refractivity contribution in [3.05, 3.63) is 35.4 Å². The zero-order chi connectivity index (χ0) is 12.0. The first-order chi connectivity index (χ1) is 7.54. The van der Waals surface area contributed by atoms with E-state index in [0.717, 1.165) is 18.6 Å². The Balaban J connectivity index is 2.54. The van der Waals surface area contributed by atoms with Gasteiger partial charge in [0, 0.05) is 12.4 Å². The average molecular weight is 252 g/mol. The standard InChI is InChI=1S/C11H13ClF3N/c12-5-2-6-16-8-9-3-1-4-10(7-9)11(13,14)15/h1,3-4,7,16H,2,5-6,8H2. The first kappa shape index (κ1) is 13.3. The van der Waals surface area contributed by atoms with E-state index in [-0.39, 0.29) is 0 Å². The predicted molar refractivity (Wildman–Crippen MR) is 58.5 cm³/mol. The van der Waals surface area contributed by atoms with Gasteiger partial charge in [-0.25, -0.2) is 0 Å². The third-order valence-corrected chi connectivity index (χ3v) is 2.34. The molecule has 0 aliphatic rings. The van der Waals surface area contributed by atoms with Crippen molar-refractivity contribution >= 4 is 11.6 Å². The molecule has 1 aromatic rings. The summed E-state index contributed by atoms with van der Waals surface area (Å²) < 4.78 is 37.1. The number of alkyl halides is 4. The summed E-state index contributed by atoms with van der Waals surface area (Å²) in [5.74, 6) is 0.551. The first-order valence-electron chi connectivity index (χ1n) is 4.97. The highest BCUT2D eigenvalue weighted by Gasteiger charge is 2.30. The lowest BCUT2D eigenvalue weighted by atomic mass is 10.1. The summed E-state index contributed by atoms with van der Waals surface area (Å²) in [6.45, 7) is 1.14. The van der Waals surface area contributed by atoms with Crippen LogP contribution in [-0.4, -0.2) is 12.4 Å². The van der Waals surface area contributed by atoms with Gasteiger partial charge >= 0.3 is 6.18 Å². The summed E-state index contributed by atoms with van der Waals surface area (Å²) in [5, 5.41) is 3.03. The molecule has 0 aliphatic carbocycles. The predicted octanol–water partition coefficient (Wildman–Crippen LogP) is 3.42. The second kappa shape index (κ2) is 6.11. The Bertz CT molecular complexity index is 325. The Morgan fingerprint density at radius 2 is 2.00 bits per heavy atom. The molecule has 0 saturated carbocycles. The molecular formula is C11H13ClF3N. The van der Waals surface area contributed by atoms with E-state index < -0.39 is 11.7 Å². The summed E-state index contributed by atoms with van der Waals surface area (Å²) in [4.78, 5) is 0. The fraction of sp³-hybridized carbons (Fsp3) is 0.455. The zero-order valence-electron chi connectivity index (χ0n) is 8.65. The van der Waals surface area contributed by atoms with Crippen molar-refractivity contribution < 1.29 is 13.2 Å². The molecule has 0 amide bonds. The number of hydrogen-bond acceptors (Lipinski definition) is 1. The van der Waals surface area contributed by atoms with Crippen molar-refractivity contribution in [3.63, 3.8) is 0 Å². The van der Waals surface area contributed by atoms with Gasteiger partial charge in [0.25, 0.3) is 0 Å². The molecule has 90 valence electrons. The van der Waals surface area contributed by atoms with Gasteiger partial charge in [0.2, 0.25) is 0 Å². The highest BCUT2D eigenvalue weighted by atomic mass is 35.5. The number of rotatable bonds is 5. The van der Waals surface area contributed by atoms with Crippen molar-refractivity contribution in [2.45, 2.75) is 19.1 Å². The molecule has 0 bridgehead atoms. The van der Waals surface area contributed by atoms with Crippen LogP contribution in [0.4, 0.5) is 13.2 Å². The quantitative estimate of drug-likeness (QED) is 0.625. The molecule has 5 heteroatoms. The van der Waals surface area contributed by atoms with Gasteiger partial charge in [0.15, 0.2) is 0 Å². The maximum atomic E-state index is 12.4. The highest BCUT2D eigenvalue weighted by molar-refractivity contribution is 6.17. The van der Waals surface area contributed by atoms with Crippen LogP contribution < -0.4 is 5.32 Å². The van der Waals surface area contributed by atoms with E-state index >= 15 is 0 Å². The largest absolute Gasteiger partial charge is 0.416 e. The smallest absolute Gasteiger partial charge is 0.313 e. The molecule has 0 aliphatic heterocycles. The lowest BCUT2D eigenvalue weighted by molar-refractivity contribution is -0.137. The van der Waals surface area contributed by atoms with Crippen LogP contribution in [0.2, 0.25) is 0 Å². The van der Waals surface area contributed by atoms with Crippen molar-refractivity contribution in [1.29, 1.82) is 0 Å². The van der Waals surface area contributed by atoms with Gasteiger partial charge in [-0.2, -0.15) is 13.2 Å². The van der Waals surface area contributed by atoms with E-state index in [2.05, 4.69) is 5.32 Å². The highest BCUT2D eigenvalue weighted by Crippen LogP contribution is 2.29. The SMILES string of the molecule is FC(F)(F)c1cccc(CNCCCCl)c1. The minimum atomic E-state index is -4.27. The summed E-state index contributed by atoms with van der Waals surface area (Å²) in [7, 11) is 0. The van der Waals surface area contributed by atoms with E-state index in [4.69, 9.17) is 11.6 Å². The second-order valence-corrected chi connectivity index (χ2v) is 3.80. The van der Waals surface area contributed by atoms with Gasteiger partial charge < -0.3 is 5.32 Å². The van der Waals surface area contributed by atoms with Crippen molar-refractivity contribution in [1.82, 2.24) is 5.32 Å². The molecule has 1 rings (SSSR count). The molecule has 0 spiro atoms. The zero-order valence-corrected chi connectivity index (χ0v) is 9.41. The minimum absolute atomic E-state index is 0.431. The lowest BCUT2D eigenvalue weighted by Crippen LogP contribution is -2.15. The number of halogens is 4. The van der Waals surface area contributed by atoms with E-state index in [1.807, 2.05) is 0 Å². The average Bonchev–Trinajstić information content (AvgIpc) is 2.24. The summed E-state index contributed by atoms with van der Waals surface area (Å²) in [6, 6.07) is 5.32. The third kappa shape index (κ3) is 4.41. The second-order valence-electron chi connectivity index (χ2n) is 3.42. The van der Waals surface area contributed by atoms with Crippen LogP contribution in [0.3, 0.4) is 0 Å². The van der Waals surface area contributed by atoms with Crippen LogP contribution in [0.5, 0.6) is 0 Å². The topological polar surface area (TPSA) is 12.0 Å². The molecule has 0 saturated heterocycles. The van der Waals surface area contributed by atoms with Gasteiger partial charge in [0.05, 0.1) is 5.56 Å². The summed E-state index contributed by atoms with van der Waals surface area (Å²) in [5.41, 5.74) is 0.0218. The first-order valence-corrected chi connectivity index (χ1v) is 5.50. The Morgan fingerprint density at radius 1 is 1.25 bits per heavy atom. The van der Waals surface area contributed by atoms with Crippen LogP contribution in [0, 0.1) is 0 Å². The fourth-order valence-electron chi connectivity index (χ4n) is 1.28. The van der Waals surface area contributed by atoms with Gasteiger partial charge in [-0.15, -0.1) is 11.6 Å². The Labute approximate surface area is 97.6 Å². The van der Waals surface area contributed by atoms with Crippen LogP contribution in [0.1, 0.15) is 17.5 Å². The lowest BCUT2D eigenvalue weighted by Gasteiger charge is -2.09. The maximum Gasteiger partial charge on any atom is 0.416 e. The van der Waals surface area contributed by atoms with Crippen LogP contribution in [-0.2, 0) is 12.7 Å². The monoisotopic (exact) mass is 251 g/mol. The molecule has 0 atom stereocenters. The molecule has 1 aromatic carbocycles. The molecule has 0 fully saturated rings. The van der Waals surface area contributed by atoms with Crippen LogP contribution in [0.25, 0.3) is 0 Å². The Kier molecular flexibility index (Phi) is 5.09. The number of nitrogens with one attached hydrogen (secondary N) is 1. The molecular weight excluding hydrogens is 239 g/mol. The van der Waals surface area contributed by atoms with Crippen molar-refractivity contribution in [2.24, 2.45) is 0 Å². The molecule has 16 heavy (non-hydrogen) atoms. The third-order valence-electron chi connectivity index (χ3n) is 2.07. The van der Waals surface area contributed by atoms with Gasteiger partial charge in [0.1, 0.15) is 0 Å². The van der Waals surface area contributed by atoms with Gasteiger partial charge in [-0.1, -0.05) is 18.2 Å².